The van der Waals surface area contributed by atoms with E-state index in [2.05, 4.69) is 16.0 Å². The second-order valence-electron chi connectivity index (χ2n) is 6.58. The summed E-state index contributed by atoms with van der Waals surface area (Å²) >= 11 is 0. The van der Waals surface area contributed by atoms with E-state index in [9.17, 15) is 14.4 Å². The topological polar surface area (TPSA) is 108 Å². The Morgan fingerprint density at radius 1 is 1.20 bits per heavy atom. The molecule has 0 radical (unpaired) electrons. The van der Waals surface area contributed by atoms with E-state index in [1.165, 1.54) is 0 Å². The highest BCUT2D eigenvalue weighted by Gasteiger charge is 2.28. The van der Waals surface area contributed by atoms with Gasteiger partial charge in [-0.2, -0.15) is 0 Å². The SMILES string of the molecule is CC(C)C1Nc2ccc(C(=O)NCCCCCC(=O)O)cc2NC1=O. The highest BCUT2D eigenvalue weighted by Crippen LogP contribution is 2.29. The highest BCUT2D eigenvalue weighted by molar-refractivity contribution is 6.05. The van der Waals surface area contributed by atoms with E-state index in [-0.39, 0.29) is 30.2 Å². The molecule has 1 aliphatic heterocycles. The van der Waals surface area contributed by atoms with E-state index in [1.807, 2.05) is 13.8 Å². The van der Waals surface area contributed by atoms with E-state index in [0.29, 0.717) is 24.2 Å². The van der Waals surface area contributed by atoms with Crippen LogP contribution in [0.5, 0.6) is 0 Å². The number of anilines is 2. The Morgan fingerprint density at radius 2 is 1.96 bits per heavy atom. The lowest BCUT2D eigenvalue weighted by molar-refractivity contribution is -0.137. The molecule has 1 aliphatic rings. The van der Waals surface area contributed by atoms with Crippen LogP contribution >= 0.6 is 0 Å². The van der Waals surface area contributed by atoms with Gasteiger partial charge >= 0.3 is 5.97 Å². The zero-order chi connectivity index (χ0) is 18.4. The highest BCUT2D eigenvalue weighted by atomic mass is 16.4. The van der Waals surface area contributed by atoms with Crippen LogP contribution in [0.15, 0.2) is 18.2 Å². The first-order valence-corrected chi connectivity index (χ1v) is 8.60. The maximum Gasteiger partial charge on any atom is 0.303 e. The van der Waals surface area contributed by atoms with Gasteiger partial charge in [0.2, 0.25) is 5.91 Å². The summed E-state index contributed by atoms with van der Waals surface area (Å²) in [4.78, 5) is 34.7. The molecule has 1 heterocycles. The number of carbonyl (C=O) groups excluding carboxylic acids is 2. The summed E-state index contributed by atoms with van der Waals surface area (Å²) in [5, 5.41) is 17.4. The maximum absolute atomic E-state index is 12.2. The van der Waals surface area contributed by atoms with Crippen LogP contribution in [0.25, 0.3) is 0 Å². The van der Waals surface area contributed by atoms with Gasteiger partial charge in [0.05, 0.1) is 11.4 Å². The number of carbonyl (C=O) groups is 3. The van der Waals surface area contributed by atoms with Crippen LogP contribution < -0.4 is 16.0 Å². The third-order valence-corrected chi connectivity index (χ3v) is 4.15. The van der Waals surface area contributed by atoms with Crippen molar-refractivity contribution >= 4 is 29.2 Å². The number of carboxylic acid groups (broad SMARTS) is 1. The van der Waals surface area contributed by atoms with Crippen LogP contribution in [0.2, 0.25) is 0 Å². The van der Waals surface area contributed by atoms with Gasteiger partial charge in [-0.25, -0.2) is 0 Å². The summed E-state index contributed by atoms with van der Waals surface area (Å²) in [5.41, 5.74) is 1.90. The van der Waals surface area contributed by atoms with Crippen LogP contribution in [0.3, 0.4) is 0 Å². The number of carboxylic acids is 1. The molecule has 25 heavy (non-hydrogen) atoms. The Bertz CT molecular complexity index is 658. The first kappa shape index (κ1) is 18.8. The quantitative estimate of drug-likeness (QED) is 0.540. The summed E-state index contributed by atoms with van der Waals surface area (Å²) in [7, 11) is 0. The fourth-order valence-electron chi connectivity index (χ4n) is 2.71. The number of fused-ring (bicyclic) bond motifs is 1. The molecule has 0 bridgehead atoms. The monoisotopic (exact) mass is 347 g/mol. The van der Waals surface area contributed by atoms with Gasteiger partial charge in [0.25, 0.3) is 5.91 Å². The smallest absolute Gasteiger partial charge is 0.303 e. The molecule has 1 aromatic carbocycles. The van der Waals surface area contributed by atoms with Gasteiger partial charge in [-0.3, -0.25) is 14.4 Å². The molecule has 7 heteroatoms. The molecule has 0 aromatic heterocycles. The minimum absolute atomic E-state index is 0.0986. The lowest BCUT2D eigenvalue weighted by Gasteiger charge is -2.29. The summed E-state index contributed by atoms with van der Waals surface area (Å²) in [5.74, 6) is -0.939. The van der Waals surface area contributed by atoms with Crippen LogP contribution in [0, 0.1) is 5.92 Å². The van der Waals surface area contributed by atoms with Crippen molar-refractivity contribution in [1.82, 2.24) is 5.32 Å². The number of unbranched alkanes of at least 4 members (excludes halogenated alkanes) is 2. The second kappa shape index (κ2) is 8.50. The van der Waals surface area contributed by atoms with Gasteiger partial charge in [-0.1, -0.05) is 20.3 Å². The van der Waals surface area contributed by atoms with Crippen molar-refractivity contribution in [2.75, 3.05) is 17.2 Å². The molecule has 4 N–H and O–H groups in total. The minimum atomic E-state index is -0.798. The van der Waals surface area contributed by atoms with Gasteiger partial charge in [0.1, 0.15) is 6.04 Å². The average molecular weight is 347 g/mol. The molecule has 0 fully saturated rings. The van der Waals surface area contributed by atoms with Crippen molar-refractivity contribution in [2.45, 2.75) is 45.6 Å². The van der Waals surface area contributed by atoms with Crippen LogP contribution in [0.1, 0.15) is 49.9 Å². The van der Waals surface area contributed by atoms with E-state index < -0.39 is 5.97 Å². The fourth-order valence-corrected chi connectivity index (χ4v) is 2.71. The molecular formula is C18H25N3O4. The van der Waals surface area contributed by atoms with Crippen molar-refractivity contribution < 1.29 is 19.5 Å². The van der Waals surface area contributed by atoms with Crippen LogP contribution in [-0.4, -0.2) is 35.5 Å². The van der Waals surface area contributed by atoms with E-state index in [4.69, 9.17) is 5.11 Å². The third-order valence-electron chi connectivity index (χ3n) is 4.15. The number of rotatable bonds is 8. The zero-order valence-corrected chi connectivity index (χ0v) is 14.6. The zero-order valence-electron chi connectivity index (χ0n) is 14.6. The van der Waals surface area contributed by atoms with Crippen molar-refractivity contribution in [3.63, 3.8) is 0 Å². The Balaban J connectivity index is 1.87. The molecule has 0 spiro atoms. The van der Waals surface area contributed by atoms with Crippen molar-refractivity contribution in [3.05, 3.63) is 23.8 Å². The molecule has 7 nitrogen and oxygen atoms in total. The summed E-state index contributed by atoms with van der Waals surface area (Å²) in [6.07, 6.45) is 2.26. The molecule has 1 aromatic rings. The Hall–Kier alpha value is -2.57. The normalized spacial score (nSPS) is 16.0. The summed E-state index contributed by atoms with van der Waals surface area (Å²) in [6.45, 7) is 4.44. The van der Waals surface area contributed by atoms with Crippen molar-refractivity contribution in [3.8, 4) is 0 Å². The number of benzene rings is 1. The van der Waals surface area contributed by atoms with Gasteiger partial charge in [-0.15, -0.1) is 0 Å². The van der Waals surface area contributed by atoms with Gasteiger partial charge in [0, 0.05) is 18.5 Å². The van der Waals surface area contributed by atoms with E-state index in [0.717, 1.165) is 18.5 Å². The first-order chi connectivity index (χ1) is 11.9. The van der Waals surface area contributed by atoms with Gasteiger partial charge < -0.3 is 21.1 Å². The lowest BCUT2D eigenvalue weighted by atomic mass is 9.99. The van der Waals surface area contributed by atoms with Crippen LogP contribution in [0.4, 0.5) is 11.4 Å². The predicted molar refractivity (Wildman–Crippen MR) is 95.8 cm³/mol. The second-order valence-corrected chi connectivity index (χ2v) is 6.58. The molecule has 2 amide bonds. The summed E-state index contributed by atoms with van der Waals surface area (Å²) < 4.78 is 0. The standard InChI is InChI=1S/C18H25N3O4/c1-11(2)16-18(25)21-14-10-12(7-8-13(14)20-16)17(24)19-9-5-3-4-6-15(22)23/h7-8,10-11,16,20H,3-6,9H2,1-2H3,(H,19,24)(H,21,25)(H,22,23). The van der Waals surface area contributed by atoms with Crippen molar-refractivity contribution in [1.29, 1.82) is 0 Å². The Labute approximate surface area is 147 Å². The molecule has 0 aliphatic carbocycles. The Morgan fingerprint density at radius 3 is 2.64 bits per heavy atom. The third kappa shape index (κ3) is 5.20. The number of hydrogen-bond donors (Lipinski definition) is 4. The average Bonchev–Trinajstić information content (AvgIpc) is 2.56. The van der Waals surface area contributed by atoms with E-state index >= 15 is 0 Å². The molecule has 0 saturated carbocycles. The molecule has 1 atom stereocenters. The van der Waals surface area contributed by atoms with Gasteiger partial charge in [0.15, 0.2) is 0 Å². The van der Waals surface area contributed by atoms with E-state index in [1.54, 1.807) is 18.2 Å². The number of aliphatic carboxylic acids is 1. The molecular weight excluding hydrogens is 322 g/mol. The molecule has 2 rings (SSSR count). The largest absolute Gasteiger partial charge is 0.481 e. The first-order valence-electron chi connectivity index (χ1n) is 8.60. The Kier molecular flexibility index (Phi) is 6.38. The fraction of sp³-hybridized carbons (Fsp3) is 0.500. The van der Waals surface area contributed by atoms with Gasteiger partial charge in [-0.05, 0) is 37.0 Å². The predicted octanol–water partition coefficient (Wildman–Crippen LogP) is 2.45. The number of amides is 2. The number of nitrogens with one attached hydrogen (secondary N) is 3. The molecule has 1 unspecified atom stereocenters. The lowest BCUT2D eigenvalue weighted by Crippen LogP contribution is -2.42. The van der Waals surface area contributed by atoms with Crippen molar-refractivity contribution in [2.24, 2.45) is 5.92 Å². The summed E-state index contributed by atoms with van der Waals surface area (Å²) in [6, 6.07) is 4.90. The maximum atomic E-state index is 12.2. The molecule has 136 valence electrons. The number of hydrogen-bond acceptors (Lipinski definition) is 4. The minimum Gasteiger partial charge on any atom is -0.481 e. The molecule has 0 saturated heterocycles. The van der Waals surface area contributed by atoms with Crippen LogP contribution in [-0.2, 0) is 9.59 Å².